The van der Waals surface area contributed by atoms with E-state index in [0.29, 0.717) is 33.4 Å². The molecule has 0 radical (unpaired) electrons. The van der Waals surface area contributed by atoms with Crippen LogP contribution in [0.15, 0.2) is 58.7 Å². The van der Waals surface area contributed by atoms with Crippen LogP contribution >= 0.6 is 46.7 Å². The molecule has 0 fully saturated rings. The fraction of sp³-hybridized carbons (Fsp3) is 0.136. The molecule has 0 aliphatic rings. The van der Waals surface area contributed by atoms with E-state index in [1.165, 1.54) is 11.8 Å². The van der Waals surface area contributed by atoms with Crippen molar-refractivity contribution in [3.05, 3.63) is 64.3 Å². The lowest BCUT2D eigenvalue weighted by atomic mass is 10.1. The van der Waals surface area contributed by atoms with E-state index in [2.05, 4.69) is 9.97 Å². The van der Waals surface area contributed by atoms with Crippen molar-refractivity contribution in [2.24, 2.45) is 0 Å². The number of aromatic nitrogens is 4. The predicted molar refractivity (Wildman–Crippen MR) is 131 cm³/mol. The van der Waals surface area contributed by atoms with E-state index >= 15 is 0 Å². The quantitative estimate of drug-likeness (QED) is 0.185. The Morgan fingerprint density at radius 3 is 2.41 bits per heavy atom. The van der Waals surface area contributed by atoms with Crippen molar-refractivity contribution in [3.63, 3.8) is 0 Å². The molecular weight excluding hydrogens is 487 g/mol. The summed E-state index contributed by atoms with van der Waals surface area (Å²) in [4.78, 5) is 14.6. The molecule has 0 unspecified atom stereocenters. The van der Waals surface area contributed by atoms with Gasteiger partial charge in [0.2, 0.25) is 0 Å². The average molecular weight is 505 g/mol. The van der Waals surface area contributed by atoms with E-state index in [0.717, 1.165) is 15.2 Å². The van der Waals surface area contributed by atoms with Crippen molar-refractivity contribution >= 4 is 46.7 Å². The topological polar surface area (TPSA) is 84.1 Å². The zero-order valence-corrected chi connectivity index (χ0v) is 20.2. The van der Waals surface area contributed by atoms with Crippen LogP contribution in [0.1, 0.15) is 5.56 Å². The van der Waals surface area contributed by atoms with E-state index in [9.17, 15) is 10.3 Å². The molecule has 0 atom stereocenters. The molecule has 0 spiro atoms. The normalized spacial score (nSPS) is 11.2. The Hall–Kier alpha value is -2.23. The van der Waals surface area contributed by atoms with Crippen molar-refractivity contribution in [1.82, 2.24) is 19.7 Å². The third-order valence-electron chi connectivity index (χ3n) is 4.76. The van der Waals surface area contributed by atoms with Crippen molar-refractivity contribution in [1.29, 1.82) is 0 Å². The van der Waals surface area contributed by atoms with Crippen LogP contribution in [0.5, 0.6) is 0 Å². The number of aliphatic hydroxyl groups is 1. The first-order valence-electron chi connectivity index (χ1n) is 9.39. The van der Waals surface area contributed by atoms with Crippen LogP contribution in [0, 0.1) is 0 Å². The summed E-state index contributed by atoms with van der Waals surface area (Å²) in [5.74, 6) is 0.174. The molecule has 0 saturated heterocycles. The summed E-state index contributed by atoms with van der Waals surface area (Å²) in [6.45, 7) is -0.205. The Bertz CT molecular complexity index is 1270. The number of hydrogen-bond acceptors (Lipinski definition) is 7. The number of halogens is 2. The zero-order valence-electron chi connectivity index (χ0n) is 17.1. The standard InChI is InChI=1S/C22H18Cl2N4O2S2/c1-31-14-5-3-4-13(10-14)19-20(17-6-7-25-22(26-17)32-2)28(30)21(27-19)18-15(23)8-12(11-29)9-16(18)24/h3-10,29-30H,11H2,1-2H3. The first-order valence-corrected chi connectivity index (χ1v) is 12.6. The molecular formula is C22H18Cl2N4O2S2. The van der Waals surface area contributed by atoms with E-state index in [-0.39, 0.29) is 22.5 Å². The molecule has 2 aromatic heterocycles. The summed E-state index contributed by atoms with van der Waals surface area (Å²) in [7, 11) is 0. The minimum absolute atomic E-state index is 0.174. The molecule has 0 aliphatic heterocycles. The second kappa shape index (κ2) is 9.72. The minimum Gasteiger partial charge on any atom is -0.426 e. The third-order valence-corrected chi connectivity index (χ3v) is 6.65. The van der Waals surface area contributed by atoms with Gasteiger partial charge in [0.15, 0.2) is 11.0 Å². The molecule has 4 rings (SSSR count). The Kier molecular flexibility index (Phi) is 6.97. The van der Waals surface area contributed by atoms with E-state index in [1.807, 2.05) is 36.8 Å². The van der Waals surface area contributed by atoms with Gasteiger partial charge in [0.25, 0.3) is 0 Å². The maximum absolute atomic E-state index is 11.3. The van der Waals surface area contributed by atoms with Crippen LogP contribution in [-0.4, -0.2) is 42.5 Å². The van der Waals surface area contributed by atoms with Crippen molar-refractivity contribution < 1.29 is 10.3 Å². The highest BCUT2D eigenvalue weighted by Crippen LogP contribution is 2.40. The Labute approximate surface area is 203 Å². The second-order valence-corrected chi connectivity index (χ2v) is 9.16. The molecule has 2 heterocycles. The molecule has 0 amide bonds. The number of nitrogens with zero attached hydrogens (tertiary/aromatic N) is 4. The Morgan fingerprint density at radius 2 is 1.75 bits per heavy atom. The third kappa shape index (κ3) is 4.33. The maximum atomic E-state index is 11.3. The van der Waals surface area contributed by atoms with Gasteiger partial charge in [-0.3, -0.25) is 0 Å². The fourth-order valence-electron chi connectivity index (χ4n) is 3.28. The van der Waals surface area contributed by atoms with E-state index in [4.69, 9.17) is 28.2 Å². The van der Waals surface area contributed by atoms with Crippen LogP contribution in [0.25, 0.3) is 34.0 Å². The Morgan fingerprint density at radius 1 is 1.00 bits per heavy atom. The van der Waals surface area contributed by atoms with Crippen LogP contribution in [0.4, 0.5) is 0 Å². The smallest absolute Gasteiger partial charge is 0.187 e. The number of thioether (sulfide) groups is 2. The van der Waals surface area contributed by atoms with Crippen LogP contribution < -0.4 is 0 Å². The molecule has 0 aliphatic carbocycles. The summed E-state index contributed by atoms with van der Waals surface area (Å²) in [6.07, 6.45) is 5.51. The summed E-state index contributed by atoms with van der Waals surface area (Å²) in [6, 6.07) is 12.8. The van der Waals surface area contributed by atoms with Crippen LogP contribution in [-0.2, 0) is 6.61 Å². The van der Waals surface area contributed by atoms with Crippen LogP contribution in [0.3, 0.4) is 0 Å². The molecule has 32 heavy (non-hydrogen) atoms. The molecule has 4 aromatic rings. The predicted octanol–water partition coefficient (Wildman–Crippen LogP) is 6.15. The highest BCUT2D eigenvalue weighted by Gasteiger charge is 2.25. The van der Waals surface area contributed by atoms with Gasteiger partial charge in [-0.1, -0.05) is 47.1 Å². The molecule has 0 bridgehead atoms. The van der Waals surface area contributed by atoms with Gasteiger partial charge >= 0.3 is 0 Å². The van der Waals surface area contributed by atoms with Gasteiger partial charge in [-0.05, 0) is 48.4 Å². The number of aliphatic hydroxyl groups excluding tert-OH is 1. The van der Waals surface area contributed by atoms with Gasteiger partial charge < -0.3 is 10.3 Å². The summed E-state index contributed by atoms with van der Waals surface area (Å²) in [5, 5.41) is 21.8. The highest BCUT2D eigenvalue weighted by atomic mass is 35.5. The maximum Gasteiger partial charge on any atom is 0.187 e. The van der Waals surface area contributed by atoms with Gasteiger partial charge in [-0.15, -0.1) is 11.8 Å². The number of rotatable bonds is 6. The molecule has 2 aromatic carbocycles. The van der Waals surface area contributed by atoms with Gasteiger partial charge in [-0.2, -0.15) is 4.73 Å². The van der Waals surface area contributed by atoms with Gasteiger partial charge in [0.1, 0.15) is 11.4 Å². The second-order valence-electron chi connectivity index (χ2n) is 6.70. The highest BCUT2D eigenvalue weighted by molar-refractivity contribution is 7.98. The number of hydrogen-bond donors (Lipinski definition) is 2. The molecule has 6 nitrogen and oxygen atoms in total. The lowest BCUT2D eigenvalue weighted by molar-refractivity contribution is 0.195. The van der Waals surface area contributed by atoms with Gasteiger partial charge in [0.05, 0.1) is 27.9 Å². The van der Waals surface area contributed by atoms with Crippen LogP contribution in [0.2, 0.25) is 10.0 Å². The first kappa shape index (κ1) is 22.9. The molecule has 0 saturated carbocycles. The van der Waals surface area contributed by atoms with Crippen molar-refractivity contribution in [2.45, 2.75) is 16.7 Å². The fourth-order valence-corrected chi connectivity index (χ4v) is 4.79. The average Bonchev–Trinajstić information content (AvgIpc) is 3.15. The summed E-state index contributed by atoms with van der Waals surface area (Å²) >= 11 is 16.0. The van der Waals surface area contributed by atoms with E-state index < -0.39 is 0 Å². The van der Waals surface area contributed by atoms with Gasteiger partial charge in [0, 0.05) is 16.7 Å². The zero-order chi connectivity index (χ0) is 22.8. The van der Waals surface area contributed by atoms with E-state index in [1.54, 1.807) is 36.2 Å². The Balaban J connectivity index is 2.01. The first-order chi connectivity index (χ1) is 15.5. The largest absolute Gasteiger partial charge is 0.426 e. The molecule has 164 valence electrons. The lowest BCUT2D eigenvalue weighted by Crippen LogP contribution is -2.01. The molecule has 2 N–H and O–H groups in total. The number of imidazole rings is 1. The van der Waals surface area contributed by atoms with Crippen molar-refractivity contribution in [2.75, 3.05) is 12.5 Å². The lowest BCUT2D eigenvalue weighted by Gasteiger charge is -2.09. The number of benzene rings is 2. The summed E-state index contributed by atoms with van der Waals surface area (Å²) in [5.41, 5.74) is 3.17. The monoisotopic (exact) mass is 504 g/mol. The molecule has 10 heteroatoms. The SMILES string of the molecule is CSc1cccc(-c2nc(-c3c(Cl)cc(CO)cc3Cl)n(O)c2-c2ccnc(SC)n2)c1. The minimum atomic E-state index is -0.205. The summed E-state index contributed by atoms with van der Waals surface area (Å²) < 4.78 is 0.958. The van der Waals surface area contributed by atoms with Crippen molar-refractivity contribution in [3.8, 4) is 34.0 Å². The van der Waals surface area contributed by atoms with Gasteiger partial charge in [-0.25, -0.2) is 15.0 Å².